The van der Waals surface area contributed by atoms with E-state index in [0.717, 1.165) is 4.88 Å². The number of hydrogen-bond acceptors (Lipinski definition) is 7. The average Bonchev–Trinajstić information content (AvgIpc) is 3.65. The highest BCUT2D eigenvalue weighted by atomic mass is 35.5. The number of anilines is 1. The smallest absolute Gasteiger partial charge is 0.374 e. The Morgan fingerprint density at radius 3 is 2.42 bits per heavy atom. The van der Waals surface area contributed by atoms with Crippen LogP contribution in [0.1, 0.15) is 50.8 Å². The summed E-state index contributed by atoms with van der Waals surface area (Å²) in [4.78, 5) is 28.8. The van der Waals surface area contributed by atoms with Gasteiger partial charge >= 0.3 is 5.97 Å². The van der Waals surface area contributed by atoms with Gasteiger partial charge in [0.05, 0.1) is 34.3 Å². The normalized spacial score (nSPS) is 11.5. The summed E-state index contributed by atoms with van der Waals surface area (Å²) in [6, 6.07) is 20.0. The van der Waals surface area contributed by atoms with E-state index in [0.29, 0.717) is 43.4 Å². The van der Waals surface area contributed by atoms with Gasteiger partial charge in [0.2, 0.25) is 5.76 Å². The molecule has 0 N–H and O–H groups in total. The minimum absolute atomic E-state index is 0.0136. The van der Waals surface area contributed by atoms with Gasteiger partial charge in [-0.2, -0.15) is 0 Å². The fourth-order valence-corrected chi connectivity index (χ4v) is 7.74. The van der Waals surface area contributed by atoms with Crippen LogP contribution in [-0.2, 0) is 27.8 Å². The molecule has 12 heteroatoms. The van der Waals surface area contributed by atoms with Crippen molar-refractivity contribution in [2.24, 2.45) is 0 Å². The lowest BCUT2D eigenvalue weighted by Gasteiger charge is -2.29. The van der Waals surface area contributed by atoms with Crippen LogP contribution in [0.15, 0.2) is 87.5 Å². The van der Waals surface area contributed by atoms with E-state index in [1.807, 2.05) is 17.5 Å². The lowest BCUT2D eigenvalue weighted by atomic mass is 10.1. The monoisotopic (exact) mass is 684 g/mol. The molecule has 3 aromatic carbocycles. The average molecular weight is 686 g/mol. The van der Waals surface area contributed by atoms with Crippen LogP contribution < -0.4 is 4.31 Å². The van der Waals surface area contributed by atoms with Crippen LogP contribution >= 0.6 is 34.5 Å². The summed E-state index contributed by atoms with van der Waals surface area (Å²) in [6.07, 6.45) is 0. The summed E-state index contributed by atoms with van der Waals surface area (Å²) in [5.74, 6) is -0.887. The molecule has 0 saturated carbocycles. The lowest BCUT2D eigenvalue weighted by Crippen LogP contribution is -2.34. The summed E-state index contributed by atoms with van der Waals surface area (Å²) < 4.78 is 40.5. The predicted octanol–water partition coefficient (Wildman–Crippen LogP) is 8.34. The van der Waals surface area contributed by atoms with Crippen molar-refractivity contribution in [2.75, 3.05) is 17.5 Å². The van der Waals surface area contributed by atoms with Crippen LogP contribution in [0.4, 0.5) is 5.69 Å². The molecule has 2 aromatic heterocycles. The summed E-state index contributed by atoms with van der Waals surface area (Å²) in [6.45, 7) is 5.73. The Morgan fingerprint density at radius 1 is 0.956 bits per heavy atom. The van der Waals surface area contributed by atoms with E-state index in [-0.39, 0.29) is 42.8 Å². The van der Waals surface area contributed by atoms with Crippen LogP contribution in [0.25, 0.3) is 11.0 Å². The minimum Gasteiger partial charge on any atom is -0.460 e. The maximum absolute atomic E-state index is 14.2. The number of sulfonamides is 1. The van der Waals surface area contributed by atoms with Gasteiger partial charge in [-0.3, -0.25) is 9.10 Å². The Labute approximate surface area is 275 Å². The molecule has 0 spiro atoms. The predicted molar refractivity (Wildman–Crippen MR) is 178 cm³/mol. The number of amides is 1. The first kappa shape index (κ1) is 32.6. The molecule has 5 aromatic rings. The number of esters is 1. The number of carbonyl (C=O) groups excluding carboxylic acids is 2. The second-order valence-electron chi connectivity index (χ2n) is 10.1. The third-order valence-electron chi connectivity index (χ3n) is 7.23. The van der Waals surface area contributed by atoms with Crippen molar-refractivity contribution >= 4 is 73.1 Å². The maximum atomic E-state index is 14.2. The topological polar surface area (TPSA) is 97.1 Å². The zero-order valence-corrected chi connectivity index (χ0v) is 27.9. The van der Waals surface area contributed by atoms with Gasteiger partial charge in [-0.25, -0.2) is 13.2 Å². The van der Waals surface area contributed by atoms with Crippen molar-refractivity contribution in [3.05, 3.63) is 116 Å². The third kappa shape index (κ3) is 6.74. The molecule has 234 valence electrons. The molecule has 2 heterocycles. The number of nitrogens with zero attached hydrogens (tertiary/aromatic N) is 2. The number of fused-ring (bicyclic) bond motifs is 1. The van der Waals surface area contributed by atoms with Crippen molar-refractivity contribution < 1.29 is 27.2 Å². The highest BCUT2D eigenvalue weighted by Crippen LogP contribution is 2.34. The molecule has 0 radical (unpaired) electrons. The van der Waals surface area contributed by atoms with Crippen LogP contribution in [0.2, 0.25) is 10.0 Å². The van der Waals surface area contributed by atoms with E-state index in [4.69, 9.17) is 32.4 Å². The number of aryl methyl sites for hydroxylation is 1. The number of ether oxygens (including phenoxy) is 1. The van der Waals surface area contributed by atoms with Gasteiger partial charge in [0.25, 0.3) is 15.9 Å². The van der Waals surface area contributed by atoms with Crippen LogP contribution in [0, 0.1) is 6.92 Å². The summed E-state index contributed by atoms with van der Waals surface area (Å²) in [7, 11) is -4.12. The van der Waals surface area contributed by atoms with Crippen LogP contribution in [0.3, 0.4) is 0 Å². The van der Waals surface area contributed by atoms with Crippen molar-refractivity contribution in [1.29, 1.82) is 0 Å². The number of hydrogen-bond donors (Lipinski definition) is 0. The number of thiophene rings is 1. The second kappa shape index (κ2) is 13.7. The van der Waals surface area contributed by atoms with Crippen molar-refractivity contribution in [3.8, 4) is 0 Å². The molecule has 0 bridgehead atoms. The number of halogens is 2. The van der Waals surface area contributed by atoms with Crippen molar-refractivity contribution in [3.63, 3.8) is 0 Å². The molecular weight excluding hydrogens is 655 g/mol. The highest BCUT2D eigenvalue weighted by molar-refractivity contribution is 7.92. The standard InChI is InChI=1S/C33H30Cl2N2O6S2/c1-4-37(45(40,41)25-13-15-30-27(18-25)21(3)31(43-30)33(39)42-5-2)29-14-12-23(34)17-22(29)19-36(20-24-9-8-16-44-24)32(38)26-10-6-7-11-28(26)35/h6-18H,4-5,19-20H2,1-3H3. The Morgan fingerprint density at radius 2 is 1.73 bits per heavy atom. The van der Waals surface area contributed by atoms with Gasteiger partial charge in [0.1, 0.15) is 5.58 Å². The molecule has 0 atom stereocenters. The van der Waals surface area contributed by atoms with E-state index in [9.17, 15) is 18.0 Å². The van der Waals surface area contributed by atoms with Gasteiger partial charge in [-0.05, 0) is 86.3 Å². The highest BCUT2D eigenvalue weighted by Gasteiger charge is 2.29. The number of furan rings is 1. The number of rotatable bonds is 11. The molecule has 45 heavy (non-hydrogen) atoms. The molecule has 0 saturated heterocycles. The van der Waals surface area contributed by atoms with Gasteiger partial charge < -0.3 is 14.1 Å². The van der Waals surface area contributed by atoms with Gasteiger partial charge in [-0.15, -0.1) is 11.3 Å². The fourth-order valence-electron chi connectivity index (χ4n) is 5.07. The van der Waals surface area contributed by atoms with E-state index in [2.05, 4.69) is 0 Å². The van der Waals surface area contributed by atoms with Crippen molar-refractivity contribution in [1.82, 2.24) is 4.90 Å². The van der Waals surface area contributed by atoms with Crippen LogP contribution in [0.5, 0.6) is 0 Å². The zero-order chi connectivity index (χ0) is 32.3. The summed E-state index contributed by atoms with van der Waals surface area (Å²) in [5, 5.41) is 3.13. The van der Waals surface area contributed by atoms with Crippen molar-refractivity contribution in [2.45, 2.75) is 38.8 Å². The van der Waals surface area contributed by atoms with E-state index in [1.165, 1.54) is 33.8 Å². The van der Waals surface area contributed by atoms with Gasteiger partial charge in [0.15, 0.2) is 0 Å². The Kier molecular flexibility index (Phi) is 9.88. The first-order chi connectivity index (χ1) is 21.5. The fraction of sp³-hybridized carbons (Fsp3) is 0.212. The summed E-state index contributed by atoms with van der Waals surface area (Å²) in [5.41, 5.74) is 2.10. The van der Waals surface area contributed by atoms with E-state index in [1.54, 1.807) is 68.1 Å². The van der Waals surface area contributed by atoms with Gasteiger partial charge in [-0.1, -0.05) is 41.4 Å². The first-order valence-corrected chi connectivity index (χ1v) is 17.2. The molecule has 5 rings (SSSR count). The Hall–Kier alpha value is -3.83. The molecule has 8 nitrogen and oxygen atoms in total. The lowest BCUT2D eigenvalue weighted by molar-refractivity contribution is 0.0491. The van der Waals surface area contributed by atoms with E-state index < -0.39 is 16.0 Å². The molecule has 0 aliphatic rings. The SMILES string of the molecule is CCOC(=O)c1oc2ccc(S(=O)(=O)N(CC)c3ccc(Cl)cc3CN(Cc3cccs3)C(=O)c3ccccc3Cl)cc2c1C. The quantitative estimate of drug-likeness (QED) is 0.130. The van der Waals surface area contributed by atoms with E-state index >= 15 is 0 Å². The second-order valence-corrected chi connectivity index (χ2v) is 13.8. The molecule has 0 aliphatic carbocycles. The molecule has 0 fully saturated rings. The number of benzene rings is 3. The molecule has 0 unspecified atom stereocenters. The molecular formula is C33H30Cl2N2O6S2. The Balaban J connectivity index is 1.55. The third-order valence-corrected chi connectivity index (χ3v) is 10.5. The van der Waals surface area contributed by atoms with Crippen LogP contribution in [-0.4, -0.2) is 38.3 Å². The molecule has 0 aliphatic heterocycles. The molecule has 1 amide bonds. The Bertz CT molecular complexity index is 1970. The largest absolute Gasteiger partial charge is 0.460 e. The maximum Gasteiger partial charge on any atom is 0.374 e. The first-order valence-electron chi connectivity index (χ1n) is 14.1. The minimum atomic E-state index is -4.12. The zero-order valence-electron chi connectivity index (χ0n) is 24.8. The van der Waals surface area contributed by atoms with Gasteiger partial charge in [0, 0.05) is 33.9 Å². The number of carbonyl (C=O) groups is 2. The summed E-state index contributed by atoms with van der Waals surface area (Å²) >= 11 is 14.4.